The van der Waals surface area contributed by atoms with Crippen LogP contribution in [-0.2, 0) is 14.8 Å². The monoisotopic (exact) mass is 489 g/mol. The van der Waals surface area contributed by atoms with E-state index in [1.807, 2.05) is 10.8 Å². The number of amides is 1. The van der Waals surface area contributed by atoms with Gasteiger partial charge in [-0.1, -0.05) is 6.07 Å². The average molecular weight is 489 g/mol. The van der Waals surface area contributed by atoms with Crippen LogP contribution in [0.4, 0.5) is 14.6 Å². The van der Waals surface area contributed by atoms with Gasteiger partial charge in [0.1, 0.15) is 17.6 Å². The molecule has 34 heavy (non-hydrogen) atoms. The summed E-state index contributed by atoms with van der Waals surface area (Å²) in [7, 11) is -4.20. The molecule has 1 amide bonds. The SMILES string of the molecule is N#Cc1cccc(S(=O)(=O)NC(=O)C2CCN(c3nc(C(F)F)c(C(=O)O)cc3C#N)CC2)c1. The first kappa shape index (κ1) is 24.5. The van der Waals surface area contributed by atoms with Gasteiger partial charge in [-0.05, 0) is 37.1 Å². The van der Waals surface area contributed by atoms with E-state index in [1.165, 1.54) is 23.1 Å². The molecule has 0 atom stereocenters. The van der Waals surface area contributed by atoms with E-state index in [2.05, 4.69) is 4.98 Å². The number of sulfonamides is 1. The predicted molar refractivity (Wildman–Crippen MR) is 112 cm³/mol. The number of pyridine rings is 1. The van der Waals surface area contributed by atoms with Crippen LogP contribution < -0.4 is 9.62 Å². The van der Waals surface area contributed by atoms with Gasteiger partial charge >= 0.3 is 5.97 Å². The Hall–Kier alpha value is -4.10. The van der Waals surface area contributed by atoms with Crippen molar-refractivity contribution in [2.75, 3.05) is 18.0 Å². The summed E-state index contributed by atoms with van der Waals surface area (Å²) in [4.78, 5) is 28.8. The van der Waals surface area contributed by atoms with Crippen LogP contribution in [0.1, 0.15) is 46.4 Å². The van der Waals surface area contributed by atoms with Gasteiger partial charge in [0.25, 0.3) is 16.4 Å². The summed E-state index contributed by atoms with van der Waals surface area (Å²) >= 11 is 0. The Kier molecular flexibility index (Phi) is 7.08. The second kappa shape index (κ2) is 9.80. The average Bonchev–Trinajstić information content (AvgIpc) is 2.82. The maximum Gasteiger partial charge on any atom is 0.337 e. The highest BCUT2D eigenvalue weighted by Crippen LogP contribution is 2.30. The number of carbonyl (C=O) groups is 2. The van der Waals surface area contributed by atoms with Crippen LogP contribution in [0.5, 0.6) is 0 Å². The quantitative estimate of drug-likeness (QED) is 0.619. The van der Waals surface area contributed by atoms with Crippen molar-refractivity contribution >= 4 is 27.7 Å². The number of benzene rings is 1. The van der Waals surface area contributed by atoms with Crippen LogP contribution >= 0.6 is 0 Å². The van der Waals surface area contributed by atoms with E-state index in [9.17, 15) is 32.0 Å². The molecule has 1 fully saturated rings. The van der Waals surface area contributed by atoms with E-state index in [4.69, 9.17) is 10.4 Å². The summed E-state index contributed by atoms with van der Waals surface area (Å²) in [6.07, 6.45) is -2.90. The third kappa shape index (κ3) is 5.10. The smallest absolute Gasteiger partial charge is 0.337 e. The Morgan fingerprint density at radius 2 is 1.85 bits per heavy atom. The number of anilines is 1. The number of hydrogen-bond donors (Lipinski definition) is 2. The minimum absolute atomic E-state index is 0.0961. The minimum atomic E-state index is -4.20. The van der Waals surface area contributed by atoms with E-state index in [1.54, 1.807) is 6.07 Å². The molecule has 176 valence electrons. The van der Waals surface area contributed by atoms with Gasteiger partial charge in [0.05, 0.1) is 27.7 Å². The van der Waals surface area contributed by atoms with Gasteiger partial charge in [-0.25, -0.2) is 31.7 Å². The number of piperidine rings is 1. The zero-order valence-electron chi connectivity index (χ0n) is 17.4. The lowest BCUT2D eigenvalue weighted by molar-refractivity contribution is -0.123. The Morgan fingerprint density at radius 1 is 1.18 bits per heavy atom. The Labute approximate surface area is 193 Å². The molecule has 1 aromatic carbocycles. The maximum absolute atomic E-state index is 13.3. The number of nitriles is 2. The van der Waals surface area contributed by atoms with Gasteiger partial charge in [-0.3, -0.25) is 4.79 Å². The molecule has 0 spiro atoms. The number of nitrogens with zero attached hydrogens (tertiary/aromatic N) is 4. The van der Waals surface area contributed by atoms with Crippen LogP contribution in [0.2, 0.25) is 0 Å². The number of halogens is 2. The van der Waals surface area contributed by atoms with Crippen molar-refractivity contribution in [2.24, 2.45) is 5.92 Å². The van der Waals surface area contributed by atoms with E-state index < -0.39 is 45.5 Å². The molecule has 2 heterocycles. The first-order chi connectivity index (χ1) is 16.1. The molecule has 10 nitrogen and oxygen atoms in total. The normalized spacial score (nSPS) is 14.3. The van der Waals surface area contributed by atoms with E-state index in [-0.39, 0.29) is 47.8 Å². The summed E-state index contributed by atoms with van der Waals surface area (Å²) in [5, 5.41) is 27.4. The molecule has 1 aliphatic rings. The fourth-order valence-electron chi connectivity index (χ4n) is 3.54. The van der Waals surface area contributed by atoms with Crippen molar-refractivity contribution in [3.63, 3.8) is 0 Å². The van der Waals surface area contributed by atoms with Gasteiger partial charge in [0, 0.05) is 19.0 Å². The molecular weight excluding hydrogens is 472 g/mol. The van der Waals surface area contributed by atoms with Crippen LogP contribution in [0.3, 0.4) is 0 Å². The zero-order valence-corrected chi connectivity index (χ0v) is 18.2. The molecule has 0 bridgehead atoms. The summed E-state index contributed by atoms with van der Waals surface area (Å²) in [5.41, 5.74) is -1.83. The lowest BCUT2D eigenvalue weighted by Gasteiger charge is -2.32. The maximum atomic E-state index is 13.3. The first-order valence-electron chi connectivity index (χ1n) is 9.85. The largest absolute Gasteiger partial charge is 0.478 e. The molecule has 0 aliphatic carbocycles. The second-order valence-electron chi connectivity index (χ2n) is 7.38. The highest BCUT2D eigenvalue weighted by molar-refractivity contribution is 7.90. The van der Waals surface area contributed by atoms with Gasteiger partial charge in [-0.2, -0.15) is 10.5 Å². The number of alkyl halides is 2. The lowest BCUT2D eigenvalue weighted by atomic mass is 9.96. The minimum Gasteiger partial charge on any atom is -0.478 e. The van der Waals surface area contributed by atoms with E-state index >= 15 is 0 Å². The van der Waals surface area contributed by atoms with Crippen LogP contribution in [-0.4, -0.2) is 43.5 Å². The Morgan fingerprint density at radius 3 is 2.41 bits per heavy atom. The topological polar surface area (TPSA) is 164 Å². The summed E-state index contributed by atoms with van der Waals surface area (Å²) < 4.78 is 53.6. The number of nitrogens with one attached hydrogen (secondary N) is 1. The van der Waals surface area contributed by atoms with Gasteiger partial charge in [0.2, 0.25) is 5.91 Å². The number of hydrogen-bond acceptors (Lipinski definition) is 8. The number of carbonyl (C=O) groups excluding carboxylic acids is 1. The number of rotatable bonds is 6. The van der Waals surface area contributed by atoms with E-state index in [0.29, 0.717) is 0 Å². The highest BCUT2D eigenvalue weighted by atomic mass is 32.2. The third-order valence-electron chi connectivity index (χ3n) is 5.26. The van der Waals surface area contributed by atoms with Gasteiger partial charge in [-0.15, -0.1) is 0 Å². The molecule has 0 saturated carbocycles. The number of aromatic nitrogens is 1. The van der Waals surface area contributed by atoms with Crippen molar-refractivity contribution in [1.29, 1.82) is 10.5 Å². The van der Waals surface area contributed by atoms with Gasteiger partial charge < -0.3 is 10.0 Å². The molecule has 2 N–H and O–H groups in total. The van der Waals surface area contributed by atoms with Crippen LogP contribution in [0.25, 0.3) is 0 Å². The molecule has 2 aromatic rings. The highest BCUT2D eigenvalue weighted by Gasteiger charge is 2.31. The molecule has 13 heteroatoms. The molecule has 0 unspecified atom stereocenters. The number of carboxylic acid groups (broad SMARTS) is 1. The molecule has 1 saturated heterocycles. The van der Waals surface area contributed by atoms with Crippen LogP contribution in [0.15, 0.2) is 35.2 Å². The van der Waals surface area contributed by atoms with Crippen molar-refractivity contribution in [3.8, 4) is 12.1 Å². The van der Waals surface area contributed by atoms with Gasteiger partial charge in [0.15, 0.2) is 0 Å². The lowest BCUT2D eigenvalue weighted by Crippen LogP contribution is -2.43. The standard InChI is InChI=1S/C21H17F2N5O5S/c22-18(23)17-16(21(30)31)9-14(11-25)19(26-17)28-6-4-13(5-7-28)20(29)27-34(32,33)15-3-1-2-12(8-15)10-24/h1-3,8-9,13,18H,4-7H2,(H,27,29)(H,30,31). The van der Waals surface area contributed by atoms with Crippen molar-refractivity contribution in [1.82, 2.24) is 9.71 Å². The fraction of sp³-hybridized carbons (Fsp3) is 0.286. The van der Waals surface area contributed by atoms with Crippen molar-refractivity contribution < 1.29 is 31.9 Å². The number of aromatic carboxylic acids is 1. The molecule has 0 radical (unpaired) electrons. The molecular formula is C21H17F2N5O5S. The van der Waals surface area contributed by atoms with Crippen molar-refractivity contribution in [2.45, 2.75) is 24.2 Å². The fourth-order valence-corrected chi connectivity index (χ4v) is 4.63. The van der Waals surface area contributed by atoms with Crippen LogP contribution in [0, 0.1) is 28.6 Å². The second-order valence-corrected chi connectivity index (χ2v) is 9.06. The molecule has 3 rings (SSSR count). The third-order valence-corrected chi connectivity index (χ3v) is 6.61. The summed E-state index contributed by atoms with van der Waals surface area (Å²) in [5.74, 6) is -3.24. The Balaban J connectivity index is 1.75. The molecule has 1 aromatic heterocycles. The van der Waals surface area contributed by atoms with E-state index in [0.717, 1.165) is 12.1 Å². The van der Waals surface area contributed by atoms with Crippen molar-refractivity contribution in [3.05, 3.63) is 52.7 Å². The molecule has 1 aliphatic heterocycles. The Bertz CT molecular complexity index is 1330. The number of carboxylic acids is 1. The summed E-state index contributed by atoms with van der Waals surface area (Å²) in [6, 6.07) is 9.58. The first-order valence-corrected chi connectivity index (χ1v) is 11.3. The summed E-state index contributed by atoms with van der Waals surface area (Å²) in [6.45, 7) is 0.192. The predicted octanol–water partition coefficient (Wildman–Crippen LogP) is 2.18. The zero-order chi connectivity index (χ0) is 25.0.